The van der Waals surface area contributed by atoms with Gasteiger partial charge in [0, 0.05) is 11.8 Å². The van der Waals surface area contributed by atoms with Crippen LogP contribution in [0, 0.1) is 0 Å². The van der Waals surface area contributed by atoms with Gasteiger partial charge >= 0.3 is 5.97 Å². The molecule has 0 spiro atoms. The molecule has 16 heavy (non-hydrogen) atoms. The third kappa shape index (κ3) is 1.93. The largest absolute Gasteiger partial charge is 0.460 e. The van der Waals surface area contributed by atoms with Crippen molar-refractivity contribution in [3.63, 3.8) is 0 Å². The quantitative estimate of drug-likeness (QED) is 0.769. The summed E-state index contributed by atoms with van der Waals surface area (Å²) in [5.74, 6) is 0.625. The molecule has 2 rings (SSSR count). The van der Waals surface area contributed by atoms with Gasteiger partial charge in [-0.25, -0.2) is 9.48 Å². The molecule has 5 nitrogen and oxygen atoms in total. The number of anilines is 1. The molecule has 1 aliphatic heterocycles. The Balaban J connectivity index is 2.19. The molecule has 0 fully saturated rings. The summed E-state index contributed by atoms with van der Waals surface area (Å²) in [6, 6.07) is 1.87. The molecule has 0 saturated heterocycles. The van der Waals surface area contributed by atoms with E-state index in [0.29, 0.717) is 12.1 Å². The number of nitrogens with one attached hydrogen (secondary N) is 1. The number of carbonyl (C=O) groups excluding carboxylic acids is 1. The molecule has 86 valence electrons. The molecule has 0 amide bonds. The lowest BCUT2D eigenvalue weighted by Crippen LogP contribution is -2.24. The lowest BCUT2D eigenvalue weighted by molar-refractivity contribution is -0.143. The summed E-state index contributed by atoms with van der Waals surface area (Å²) >= 11 is 0. The van der Waals surface area contributed by atoms with Crippen LogP contribution in [-0.4, -0.2) is 21.9 Å². The van der Waals surface area contributed by atoms with Crippen molar-refractivity contribution in [1.82, 2.24) is 9.78 Å². The molecule has 0 atom stereocenters. The van der Waals surface area contributed by atoms with E-state index in [9.17, 15) is 4.79 Å². The Labute approximate surface area is 94.1 Å². The zero-order valence-corrected chi connectivity index (χ0v) is 9.65. The summed E-state index contributed by atoms with van der Waals surface area (Å²) in [4.78, 5) is 11.8. The predicted molar refractivity (Wildman–Crippen MR) is 59.8 cm³/mol. The summed E-state index contributed by atoms with van der Waals surface area (Å²) in [6.45, 7) is 6.01. The second-order valence-corrected chi connectivity index (χ2v) is 4.06. The van der Waals surface area contributed by atoms with Gasteiger partial charge in [-0.3, -0.25) is 0 Å². The predicted octanol–water partition coefficient (Wildman–Crippen LogP) is 1.53. The Morgan fingerprint density at radius 1 is 1.62 bits per heavy atom. The monoisotopic (exact) mass is 221 g/mol. The van der Waals surface area contributed by atoms with Crippen LogP contribution in [0.1, 0.15) is 20.8 Å². The summed E-state index contributed by atoms with van der Waals surface area (Å²) in [5, 5.41) is 7.24. The molecule has 1 aliphatic rings. The standard InChI is InChI=1S/C11H15N3O2/c1-7(2)16-11(15)9-6-14-10(4-5-12-14)13-8(9)3/h4-5,7,13H,6H2,1-3H3. The van der Waals surface area contributed by atoms with E-state index >= 15 is 0 Å². The van der Waals surface area contributed by atoms with E-state index in [1.807, 2.05) is 26.8 Å². The molecule has 0 radical (unpaired) electrons. The molecule has 0 unspecified atom stereocenters. The van der Waals surface area contributed by atoms with Gasteiger partial charge in [0.1, 0.15) is 5.82 Å². The fourth-order valence-corrected chi connectivity index (χ4v) is 1.60. The lowest BCUT2D eigenvalue weighted by Gasteiger charge is -2.21. The van der Waals surface area contributed by atoms with E-state index < -0.39 is 0 Å². The fourth-order valence-electron chi connectivity index (χ4n) is 1.60. The molecule has 1 aromatic rings. The first-order valence-electron chi connectivity index (χ1n) is 5.27. The van der Waals surface area contributed by atoms with Crippen molar-refractivity contribution in [1.29, 1.82) is 0 Å². The summed E-state index contributed by atoms with van der Waals surface area (Å²) in [7, 11) is 0. The first-order chi connectivity index (χ1) is 7.58. The minimum absolute atomic E-state index is 0.105. The molecule has 2 heterocycles. The Hall–Kier alpha value is -1.78. The average Bonchev–Trinajstić information content (AvgIpc) is 2.61. The number of allylic oxidation sites excluding steroid dienone is 1. The second-order valence-electron chi connectivity index (χ2n) is 4.06. The van der Waals surface area contributed by atoms with Gasteiger partial charge in [0.25, 0.3) is 0 Å². The molecule has 1 N–H and O–H groups in total. The molecule has 5 heteroatoms. The van der Waals surface area contributed by atoms with Crippen LogP contribution in [0.4, 0.5) is 5.82 Å². The van der Waals surface area contributed by atoms with E-state index in [1.165, 1.54) is 0 Å². The molecular weight excluding hydrogens is 206 g/mol. The zero-order chi connectivity index (χ0) is 11.7. The lowest BCUT2D eigenvalue weighted by atomic mass is 10.2. The van der Waals surface area contributed by atoms with Crippen molar-refractivity contribution in [3.05, 3.63) is 23.5 Å². The van der Waals surface area contributed by atoms with Crippen LogP contribution in [0.15, 0.2) is 23.5 Å². The van der Waals surface area contributed by atoms with Gasteiger partial charge in [-0.2, -0.15) is 5.10 Å². The number of ether oxygens (including phenoxy) is 1. The van der Waals surface area contributed by atoms with Crippen molar-refractivity contribution in [2.45, 2.75) is 33.4 Å². The summed E-state index contributed by atoms with van der Waals surface area (Å²) < 4.78 is 6.91. The summed E-state index contributed by atoms with van der Waals surface area (Å²) in [5.41, 5.74) is 1.46. The van der Waals surface area contributed by atoms with Gasteiger partial charge in [0.15, 0.2) is 0 Å². The van der Waals surface area contributed by atoms with Gasteiger partial charge in [0.05, 0.1) is 24.4 Å². The second kappa shape index (κ2) is 4.00. The first-order valence-corrected chi connectivity index (χ1v) is 5.27. The molecule has 0 saturated carbocycles. The topological polar surface area (TPSA) is 56.2 Å². The smallest absolute Gasteiger partial charge is 0.337 e. The number of fused-ring (bicyclic) bond motifs is 1. The van der Waals surface area contributed by atoms with Crippen LogP contribution >= 0.6 is 0 Å². The number of rotatable bonds is 2. The molecule has 0 aromatic carbocycles. The van der Waals surface area contributed by atoms with E-state index in [2.05, 4.69) is 10.4 Å². The number of carbonyl (C=O) groups is 1. The number of aromatic nitrogens is 2. The maximum absolute atomic E-state index is 11.8. The highest BCUT2D eigenvalue weighted by molar-refractivity contribution is 5.90. The molecule has 1 aromatic heterocycles. The maximum atomic E-state index is 11.8. The van der Waals surface area contributed by atoms with Gasteiger partial charge in [-0.05, 0) is 20.8 Å². The maximum Gasteiger partial charge on any atom is 0.337 e. The van der Waals surface area contributed by atoms with Crippen molar-refractivity contribution < 1.29 is 9.53 Å². The highest BCUT2D eigenvalue weighted by Crippen LogP contribution is 2.21. The fraction of sp³-hybridized carbons (Fsp3) is 0.455. The van der Waals surface area contributed by atoms with Crippen molar-refractivity contribution >= 4 is 11.8 Å². The first kappa shape index (κ1) is 10.7. The van der Waals surface area contributed by atoms with Gasteiger partial charge in [0.2, 0.25) is 0 Å². The van der Waals surface area contributed by atoms with E-state index in [1.54, 1.807) is 10.9 Å². The Bertz CT molecular complexity index is 446. The SMILES string of the molecule is CC1=C(C(=O)OC(C)C)Cn2nccc2N1. The van der Waals surface area contributed by atoms with E-state index in [0.717, 1.165) is 11.5 Å². The van der Waals surface area contributed by atoms with Crippen LogP contribution in [0.5, 0.6) is 0 Å². The van der Waals surface area contributed by atoms with Gasteiger partial charge < -0.3 is 10.1 Å². The highest BCUT2D eigenvalue weighted by Gasteiger charge is 2.22. The third-order valence-corrected chi connectivity index (χ3v) is 2.38. The van der Waals surface area contributed by atoms with Crippen molar-refractivity contribution in [2.24, 2.45) is 0 Å². The minimum Gasteiger partial charge on any atom is -0.460 e. The molecule has 0 bridgehead atoms. The normalized spacial score (nSPS) is 14.8. The Morgan fingerprint density at radius 2 is 2.38 bits per heavy atom. The minimum atomic E-state index is -0.277. The Morgan fingerprint density at radius 3 is 3.06 bits per heavy atom. The van der Waals surface area contributed by atoms with Crippen LogP contribution in [0.3, 0.4) is 0 Å². The van der Waals surface area contributed by atoms with Crippen LogP contribution in [0.25, 0.3) is 0 Å². The highest BCUT2D eigenvalue weighted by atomic mass is 16.5. The average molecular weight is 221 g/mol. The van der Waals surface area contributed by atoms with Gasteiger partial charge in [-0.1, -0.05) is 0 Å². The van der Waals surface area contributed by atoms with E-state index in [4.69, 9.17) is 4.74 Å². The zero-order valence-electron chi connectivity index (χ0n) is 9.65. The molecular formula is C11H15N3O2. The third-order valence-electron chi connectivity index (χ3n) is 2.38. The van der Waals surface area contributed by atoms with Crippen molar-refractivity contribution in [2.75, 3.05) is 5.32 Å². The van der Waals surface area contributed by atoms with Crippen molar-refractivity contribution in [3.8, 4) is 0 Å². The number of hydrogen-bond acceptors (Lipinski definition) is 4. The Kier molecular flexibility index (Phi) is 2.68. The number of esters is 1. The van der Waals surface area contributed by atoms with Gasteiger partial charge in [-0.15, -0.1) is 0 Å². The summed E-state index contributed by atoms with van der Waals surface area (Å²) in [6.07, 6.45) is 1.60. The molecule has 0 aliphatic carbocycles. The van der Waals surface area contributed by atoms with E-state index in [-0.39, 0.29) is 12.1 Å². The van der Waals surface area contributed by atoms with Crippen LogP contribution in [0.2, 0.25) is 0 Å². The van der Waals surface area contributed by atoms with Crippen LogP contribution < -0.4 is 5.32 Å². The number of nitrogens with zero attached hydrogens (tertiary/aromatic N) is 2. The number of hydrogen-bond donors (Lipinski definition) is 1. The van der Waals surface area contributed by atoms with Crippen LogP contribution in [-0.2, 0) is 16.1 Å².